The molecular formula is C34H46N4O12. The number of aliphatic hydroxyl groups is 3. The Hall–Kier alpha value is -4.83. The number of aromatic hydroxyl groups is 1. The first-order chi connectivity index (χ1) is 23.2. The number of ketones is 2. The van der Waals surface area contributed by atoms with E-state index in [1.54, 1.807) is 46.1 Å². The Bertz CT molecular complexity index is 1670. The summed E-state index contributed by atoms with van der Waals surface area (Å²) in [5, 5.41) is 46.3. The quantitative estimate of drug-likeness (QED) is 0.141. The Labute approximate surface area is 289 Å². The average molecular weight is 703 g/mol. The third-order valence-corrected chi connectivity index (χ3v) is 9.17. The van der Waals surface area contributed by atoms with Crippen molar-refractivity contribution in [3.8, 4) is 5.75 Å². The first kappa shape index (κ1) is 38.0. The van der Waals surface area contributed by atoms with Gasteiger partial charge in [-0.15, -0.1) is 0 Å². The van der Waals surface area contributed by atoms with Gasteiger partial charge in [0.25, 0.3) is 5.91 Å². The summed E-state index contributed by atoms with van der Waals surface area (Å²) < 4.78 is 14.6. The van der Waals surface area contributed by atoms with Crippen LogP contribution in [0.2, 0.25) is 0 Å². The van der Waals surface area contributed by atoms with Gasteiger partial charge in [0, 0.05) is 43.4 Å². The first-order valence-corrected chi connectivity index (χ1v) is 16.1. The molecule has 4 atom stereocenters. The van der Waals surface area contributed by atoms with E-state index in [0.717, 1.165) is 0 Å². The zero-order chi connectivity index (χ0) is 37.6. The molecule has 0 heterocycles. The Morgan fingerprint density at radius 1 is 1.04 bits per heavy atom. The standard InChI is InChI=1S/C34H46N4O12/c1-9-48-32(46)50-15-49-31(45)38(14-33(2,3)4)13-17-12-20(36(5)6)18-10-16-11-19-24(37(7)8)27(41)23(30(35)44)29(43)34(19,47)28(42)21(16)26(40)22(18)25(17)39/h12,16,19,24,39,41-42,47H,9-11,13-15H2,1-8H3,(H2,35,44)/t16-,19-,24-,34-/m0/s1. The summed E-state index contributed by atoms with van der Waals surface area (Å²) in [6.45, 7) is 6.38. The minimum atomic E-state index is -2.78. The van der Waals surface area contributed by atoms with Crippen molar-refractivity contribution in [2.75, 3.05) is 53.0 Å². The number of carbonyl (C=O) groups is 5. The molecule has 0 radical (unpaired) electrons. The number of anilines is 1. The first-order valence-electron chi connectivity index (χ1n) is 16.1. The van der Waals surface area contributed by atoms with Gasteiger partial charge in [-0.05, 0) is 56.8 Å². The number of likely N-dealkylation sites (N-methyl/N-ethyl adjacent to an activating group) is 1. The number of nitrogens with zero attached hydrogens (tertiary/aromatic N) is 3. The highest BCUT2D eigenvalue weighted by molar-refractivity contribution is 6.25. The van der Waals surface area contributed by atoms with Crippen LogP contribution >= 0.6 is 0 Å². The lowest BCUT2D eigenvalue weighted by atomic mass is 9.58. The van der Waals surface area contributed by atoms with Gasteiger partial charge < -0.3 is 50.2 Å². The number of phenolic OH excluding ortho intramolecular Hbond substituents is 1. The maximum Gasteiger partial charge on any atom is 0.511 e. The predicted molar refractivity (Wildman–Crippen MR) is 177 cm³/mol. The Morgan fingerprint density at radius 2 is 1.68 bits per heavy atom. The molecule has 3 aliphatic rings. The van der Waals surface area contributed by atoms with Gasteiger partial charge in [0.2, 0.25) is 12.6 Å². The third-order valence-electron chi connectivity index (χ3n) is 9.17. The lowest BCUT2D eigenvalue weighted by molar-refractivity contribution is -0.148. The van der Waals surface area contributed by atoms with Gasteiger partial charge in [-0.2, -0.15) is 0 Å². The number of hydrogen-bond acceptors (Lipinski definition) is 14. The highest BCUT2D eigenvalue weighted by Gasteiger charge is 2.63. The molecule has 0 aromatic heterocycles. The van der Waals surface area contributed by atoms with Crippen LogP contribution in [0, 0.1) is 17.3 Å². The monoisotopic (exact) mass is 702 g/mol. The summed E-state index contributed by atoms with van der Waals surface area (Å²) in [4.78, 5) is 69.5. The molecule has 16 nitrogen and oxygen atoms in total. The van der Waals surface area contributed by atoms with Crippen LogP contribution in [0.5, 0.6) is 5.75 Å². The zero-order valence-corrected chi connectivity index (χ0v) is 29.5. The van der Waals surface area contributed by atoms with Crippen LogP contribution in [-0.2, 0) is 36.8 Å². The molecule has 4 rings (SSSR count). The number of Topliss-reactive ketones (excluding diaryl/α,β-unsaturated/α-hetero) is 2. The van der Waals surface area contributed by atoms with Crippen LogP contribution in [-0.4, -0.2) is 120 Å². The van der Waals surface area contributed by atoms with Gasteiger partial charge in [0.15, 0.2) is 11.4 Å². The van der Waals surface area contributed by atoms with Crippen LogP contribution < -0.4 is 10.6 Å². The van der Waals surface area contributed by atoms with E-state index in [2.05, 4.69) is 4.74 Å². The molecule has 274 valence electrons. The van der Waals surface area contributed by atoms with Gasteiger partial charge in [0.1, 0.15) is 22.8 Å². The lowest BCUT2D eigenvalue weighted by Gasteiger charge is -2.50. The number of benzene rings is 1. The van der Waals surface area contributed by atoms with Crippen molar-refractivity contribution in [2.45, 2.75) is 58.7 Å². The fourth-order valence-corrected chi connectivity index (χ4v) is 7.21. The molecule has 0 unspecified atom stereocenters. The molecule has 0 fully saturated rings. The molecule has 50 heavy (non-hydrogen) atoms. The third kappa shape index (κ3) is 6.68. The summed E-state index contributed by atoms with van der Waals surface area (Å²) >= 11 is 0. The van der Waals surface area contributed by atoms with Crippen molar-refractivity contribution in [1.82, 2.24) is 9.80 Å². The Balaban J connectivity index is 1.82. The number of nitrogens with two attached hydrogens (primary N) is 1. The van der Waals surface area contributed by atoms with E-state index in [4.69, 9.17) is 15.2 Å². The molecule has 2 amide bonds. The van der Waals surface area contributed by atoms with E-state index >= 15 is 0 Å². The average Bonchev–Trinajstić information content (AvgIpc) is 2.98. The van der Waals surface area contributed by atoms with Crippen LogP contribution in [0.4, 0.5) is 15.3 Å². The van der Waals surface area contributed by atoms with E-state index < -0.39 is 88.2 Å². The van der Waals surface area contributed by atoms with E-state index in [1.165, 1.54) is 9.80 Å². The molecule has 0 saturated heterocycles. The van der Waals surface area contributed by atoms with Gasteiger partial charge in [-0.3, -0.25) is 19.3 Å². The van der Waals surface area contributed by atoms with Crippen molar-refractivity contribution >= 4 is 35.4 Å². The smallest absolute Gasteiger partial charge is 0.510 e. The number of amides is 2. The van der Waals surface area contributed by atoms with E-state index in [0.29, 0.717) is 11.3 Å². The molecule has 6 N–H and O–H groups in total. The van der Waals surface area contributed by atoms with E-state index in [1.807, 2.05) is 20.8 Å². The van der Waals surface area contributed by atoms with Crippen LogP contribution in [0.1, 0.15) is 55.6 Å². The van der Waals surface area contributed by atoms with Gasteiger partial charge in [-0.1, -0.05) is 20.8 Å². The van der Waals surface area contributed by atoms with Gasteiger partial charge in [0.05, 0.1) is 24.8 Å². The number of allylic oxidation sites excluding steroid dienone is 1. The molecule has 0 bridgehead atoms. The summed E-state index contributed by atoms with van der Waals surface area (Å²) in [5.41, 5.74) is 1.89. The van der Waals surface area contributed by atoms with Crippen molar-refractivity contribution < 1.29 is 58.6 Å². The van der Waals surface area contributed by atoms with Gasteiger partial charge >= 0.3 is 12.2 Å². The Morgan fingerprint density at radius 3 is 2.22 bits per heavy atom. The number of hydrogen-bond donors (Lipinski definition) is 5. The second-order valence-corrected chi connectivity index (χ2v) is 14.4. The number of aliphatic hydroxyl groups excluding tert-OH is 2. The molecule has 1 aromatic rings. The van der Waals surface area contributed by atoms with Crippen LogP contribution in [0.15, 0.2) is 28.7 Å². The minimum Gasteiger partial charge on any atom is -0.510 e. The molecule has 3 aliphatic carbocycles. The van der Waals surface area contributed by atoms with Crippen LogP contribution in [0.25, 0.3) is 0 Å². The SMILES string of the molecule is CCOC(=O)OCOC(=O)N(Cc1cc(N(C)C)c2c(c1O)C(=O)C1=C(O)[C@]3(O)C(=O)C(C(N)=O)=C(O)[C@@H](N(C)C)[C@@H]3C[C@@H]1C2)CC(C)(C)C. The van der Waals surface area contributed by atoms with Crippen molar-refractivity contribution in [3.63, 3.8) is 0 Å². The largest absolute Gasteiger partial charge is 0.511 e. The Kier molecular flexibility index (Phi) is 10.5. The highest BCUT2D eigenvalue weighted by Crippen LogP contribution is 2.53. The van der Waals surface area contributed by atoms with Gasteiger partial charge in [-0.25, -0.2) is 9.59 Å². The van der Waals surface area contributed by atoms with Crippen molar-refractivity contribution in [2.24, 2.45) is 23.0 Å². The molecule has 16 heteroatoms. The molecule has 0 saturated carbocycles. The summed E-state index contributed by atoms with van der Waals surface area (Å²) in [6, 6.07) is 0.522. The van der Waals surface area contributed by atoms with Crippen molar-refractivity contribution in [1.29, 1.82) is 0 Å². The number of ether oxygens (including phenoxy) is 3. The van der Waals surface area contributed by atoms with Crippen molar-refractivity contribution in [3.05, 3.63) is 45.4 Å². The second-order valence-electron chi connectivity index (χ2n) is 14.4. The lowest BCUT2D eigenvalue weighted by Crippen LogP contribution is -2.63. The number of fused-ring (bicyclic) bond motifs is 3. The van der Waals surface area contributed by atoms with Crippen LogP contribution in [0.3, 0.4) is 0 Å². The minimum absolute atomic E-state index is 0.0553. The molecule has 0 aliphatic heterocycles. The summed E-state index contributed by atoms with van der Waals surface area (Å²) in [6.07, 6.45) is -1.87. The highest BCUT2D eigenvalue weighted by atomic mass is 16.8. The van der Waals surface area contributed by atoms with E-state index in [-0.39, 0.29) is 49.2 Å². The summed E-state index contributed by atoms with van der Waals surface area (Å²) in [5.74, 6) is -7.53. The molecular weight excluding hydrogens is 656 g/mol. The number of rotatable bonds is 9. The number of primary amides is 1. The molecule has 0 spiro atoms. The maximum absolute atomic E-state index is 14.4. The second kappa shape index (κ2) is 13.8. The number of phenols is 1. The fourth-order valence-electron chi connectivity index (χ4n) is 7.21. The maximum atomic E-state index is 14.4. The fraction of sp³-hybridized carbons (Fsp3) is 0.559. The number of carbonyl (C=O) groups excluding carboxylic acids is 5. The molecule has 1 aromatic carbocycles. The zero-order valence-electron chi connectivity index (χ0n) is 29.5. The predicted octanol–water partition coefficient (Wildman–Crippen LogP) is 2.30. The van der Waals surface area contributed by atoms with E-state index in [9.17, 15) is 44.4 Å². The topological polar surface area (TPSA) is 230 Å². The normalized spacial score (nSPS) is 23.2. The summed E-state index contributed by atoms with van der Waals surface area (Å²) in [7, 11) is 6.58.